The smallest absolute Gasteiger partial charge is 0.225 e. The zero-order chi connectivity index (χ0) is 19.4. The van der Waals surface area contributed by atoms with Crippen molar-refractivity contribution in [1.82, 2.24) is 10.2 Å². The van der Waals surface area contributed by atoms with Crippen LogP contribution in [0.5, 0.6) is 5.75 Å². The van der Waals surface area contributed by atoms with Gasteiger partial charge in [-0.2, -0.15) is 0 Å². The first-order chi connectivity index (χ1) is 13.0. The van der Waals surface area contributed by atoms with Crippen molar-refractivity contribution in [3.05, 3.63) is 42.0 Å². The molecule has 5 heteroatoms. The zero-order valence-electron chi connectivity index (χ0n) is 16.3. The lowest BCUT2D eigenvalue weighted by molar-refractivity contribution is -0.138. The fourth-order valence-corrected chi connectivity index (χ4v) is 3.57. The summed E-state index contributed by atoms with van der Waals surface area (Å²) in [5.41, 5.74) is 1.08. The Morgan fingerprint density at radius 2 is 1.78 bits per heavy atom. The van der Waals surface area contributed by atoms with Gasteiger partial charge < -0.3 is 15.0 Å². The van der Waals surface area contributed by atoms with Crippen LogP contribution < -0.4 is 10.1 Å². The molecular formula is C22H28N2O3. The van der Waals surface area contributed by atoms with Gasteiger partial charge in [0.1, 0.15) is 5.75 Å². The molecule has 5 nitrogen and oxygen atoms in total. The van der Waals surface area contributed by atoms with Gasteiger partial charge >= 0.3 is 0 Å². The van der Waals surface area contributed by atoms with Crippen LogP contribution >= 0.6 is 0 Å². The topological polar surface area (TPSA) is 58.6 Å². The Morgan fingerprint density at radius 1 is 1.11 bits per heavy atom. The van der Waals surface area contributed by atoms with Crippen LogP contribution in [-0.2, 0) is 16.1 Å². The average molecular weight is 368 g/mol. The van der Waals surface area contributed by atoms with Crippen molar-refractivity contribution in [2.45, 2.75) is 33.2 Å². The molecule has 0 spiro atoms. The lowest BCUT2D eigenvalue weighted by Crippen LogP contribution is -2.44. The Labute approximate surface area is 160 Å². The van der Waals surface area contributed by atoms with Gasteiger partial charge in [-0.05, 0) is 47.4 Å². The molecule has 3 rings (SSSR count). The van der Waals surface area contributed by atoms with Gasteiger partial charge in [-0.15, -0.1) is 0 Å². The molecule has 0 atom stereocenters. The van der Waals surface area contributed by atoms with Gasteiger partial charge in [0.25, 0.3) is 0 Å². The fraction of sp³-hybridized carbons (Fsp3) is 0.455. The summed E-state index contributed by atoms with van der Waals surface area (Å²) in [5.74, 6) is 1.11. The highest BCUT2D eigenvalue weighted by Crippen LogP contribution is 2.22. The number of fused-ring (bicyclic) bond motifs is 1. The number of likely N-dealkylation sites (tertiary alicyclic amines) is 1. The summed E-state index contributed by atoms with van der Waals surface area (Å²) < 4.78 is 5.25. The quantitative estimate of drug-likeness (QED) is 0.880. The first-order valence-corrected chi connectivity index (χ1v) is 9.61. The summed E-state index contributed by atoms with van der Waals surface area (Å²) >= 11 is 0. The summed E-state index contributed by atoms with van der Waals surface area (Å²) in [6.45, 7) is 5.70. The monoisotopic (exact) mass is 368 g/mol. The first kappa shape index (κ1) is 19.2. The number of methoxy groups -OCH3 is 1. The van der Waals surface area contributed by atoms with Crippen LogP contribution in [0.4, 0.5) is 0 Å². The van der Waals surface area contributed by atoms with Gasteiger partial charge in [-0.1, -0.05) is 32.0 Å². The maximum absolute atomic E-state index is 12.5. The largest absolute Gasteiger partial charge is 0.497 e. The second kappa shape index (κ2) is 8.42. The van der Waals surface area contributed by atoms with E-state index in [1.165, 1.54) is 0 Å². The van der Waals surface area contributed by atoms with E-state index in [1.807, 2.05) is 43.0 Å². The summed E-state index contributed by atoms with van der Waals surface area (Å²) in [6, 6.07) is 12.2. The van der Waals surface area contributed by atoms with Crippen LogP contribution in [0.25, 0.3) is 10.8 Å². The van der Waals surface area contributed by atoms with E-state index in [2.05, 4.69) is 17.4 Å². The summed E-state index contributed by atoms with van der Waals surface area (Å²) in [7, 11) is 1.66. The average Bonchev–Trinajstić information content (AvgIpc) is 2.70. The maximum atomic E-state index is 12.5. The Bertz CT molecular complexity index is 823. The van der Waals surface area contributed by atoms with Gasteiger partial charge in [-0.3, -0.25) is 9.59 Å². The number of nitrogens with one attached hydrogen (secondary N) is 1. The van der Waals surface area contributed by atoms with Crippen molar-refractivity contribution in [2.24, 2.45) is 11.8 Å². The fourth-order valence-electron chi connectivity index (χ4n) is 3.57. The molecule has 0 saturated carbocycles. The first-order valence-electron chi connectivity index (χ1n) is 9.61. The normalized spacial score (nSPS) is 15.2. The molecule has 2 aromatic carbocycles. The molecule has 0 bridgehead atoms. The molecular weight excluding hydrogens is 340 g/mol. The van der Waals surface area contributed by atoms with E-state index in [0.717, 1.165) is 34.9 Å². The van der Waals surface area contributed by atoms with E-state index in [0.29, 0.717) is 19.6 Å². The number of rotatable bonds is 5. The second-order valence-corrected chi connectivity index (χ2v) is 7.52. The van der Waals surface area contributed by atoms with Crippen LogP contribution in [0.3, 0.4) is 0 Å². The molecule has 0 aromatic heterocycles. The predicted molar refractivity (Wildman–Crippen MR) is 106 cm³/mol. The molecule has 2 aromatic rings. The minimum atomic E-state index is -0.00840. The van der Waals surface area contributed by atoms with Gasteiger partial charge in [0.2, 0.25) is 11.8 Å². The van der Waals surface area contributed by atoms with E-state index in [-0.39, 0.29) is 23.7 Å². The second-order valence-electron chi connectivity index (χ2n) is 7.52. The van der Waals surface area contributed by atoms with Gasteiger partial charge in [0, 0.05) is 31.5 Å². The molecule has 1 saturated heterocycles. The highest BCUT2D eigenvalue weighted by Gasteiger charge is 2.27. The zero-order valence-corrected chi connectivity index (χ0v) is 16.3. The van der Waals surface area contributed by atoms with E-state index in [4.69, 9.17) is 4.74 Å². The third-order valence-electron chi connectivity index (χ3n) is 5.25. The molecule has 2 amide bonds. The van der Waals surface area contributed by atoms with Crippen molar-refractivity contribution < 1.29 is 14.3 Å². The number of carbonyl (C=O) groups excluding carboxylic acids is 2. The molecule has 144 valence electrons. The molecule has 27 heavy (non-hydrogen) atoms. The summed E-state index contributed by atoms with van der Waals surface area (Å²) in [6.07, 6.45) is 1.48. The minimum absolute atomic E-state index is 0.00840. The van der Waals surface area contributed by atoms with Crippen molar-refractivity contribution in [2.75, 3.05) is 20.2 Å². The van der Waals surface area contributed by atoms with Crippen LogP contribution in [0.15, 0.2) is 36.4 Å². The molecule has 0 unspecified atom stereocenters. The Balaban J connectivity index is 1.53. The third-order valence-corrected chi connectivity index (χ3v) is 5.25. The van der Waals surface area contributed by atoms with E-state index < -0.39 is 0 Å². The number of hydrogen-bond acceptors (Lipinski definition) is 3. The van der Waals surface area contributed by atoms with Gasteiger partial charge in [0.05, 0.1) is 7.11 Å². The minimum Gasteiger partial charge on any atom is -0.497 e. The van der Waals surface area contributed by atoms with Crippen LogP contribution in [0.1, 0.15) is 32.3 Å². The summed E-state index contributed by atoms with van der Waals surface area (Å²) in [5, 5.41) is 5.30. The maximum Gasteiger partial charge on any atom is 0.225 e. The van der Waals surface area contributed by atoms with Crippen molar-refractivity contribution >= 4 is 22.6 Å². The Morgan fingerprint density at radius 3 is 2.44 bits per heavy atom. The molecule has 0 radical (unpaired) electrons. The standard InChI is InChI=1S/C22H28N2O3/c1-15(2)22(26)24-10-8-17(9-11-24)21(25)23-14-16-4-5-19-13-20(27-3)7-6-18(19)12-16/h4-7,12-13,15,17H,8-11,14H2,1-3H3,(H,23,25). The molecule has 1 heterocycles. The number of nitrogens with zero attached hydrogens (tertiary/aromatic N) is 1. The molecule has 1 aliphatic heterocycles. The number of carbonyl (C=O) groups is 2. The SMILES string of the molecule is COc1ccc2cc(CNC(=O)C3CCN(C(=O)C(C)C)CC3)ccc2c1. The molecule has 0 aliphatic carbocycles. The molecule has 1 N–H and O–H groups in total. The molecule has 1 fully saturated rings. The number of ether oxygens (including phenoxy) is 1. The van der Waals surface area contributed by atoms with E-state index in [1.54, 1.807) is 7.11 Å². The highest BCUT2D eigenvalue weighted by atomic mass is 16.5. The number of benzene rings is 2. The van der Waals surface area contributed by atoms with E-state index >= 15 is 0 Å². The number of hydrogen-bond donors (Lipinski definition) is 1. The van der Waals surface area contributed by atoms with Crippen molar-refractivity contribution in [3.63, 3.8) is 0 Å². The van der Waals surface area contributed by atoms with Crippen molar-refractivity contribution in [3.8, 4) is 5.75 Å². The van der Waals surface area contributed by atoms with Crippen LogP contribution in [0.2, 0.25) is 0 Å². The van der Waals surface area contributed by atoms with Crippen LogP contribution in [-0.4, -0.2) is 36.9 Å². The lowest BCUT2D eigenvalue weighted by atomic mass is 9.95. The van der Waals surface area contributed by atoms with Crippen molar-refractivity contribution in [1.29, 1.82) is 0 Å². The van der Waals surface area contributed by atoms with E-state index in [9.17, 15) is 9.59 Å². The van der Waals surface area contributed by atoms with Gasteiger partial charge in [0.15, 0.2) is 0 Å². The predicted octanol–water partition coefficient (Wildman–Crippen LogP) is 3.36. The number of piperidine rings is 1. The third kappa shape index (κ3) is 4.59. The van der Waals surface area contributed by atoms with Crippen LogP contribution in [0, 0.1) is 11.8 Å². The molecule has 1 aliphatic rings. The highest BCUT2D eigenvalue weighted by molar-refractivity contribution is 5.85. The summed E-state index contributed by atoms with van der Waals surface area (Å²) in [4.78, 5) is 26.4. The number of amides is 2. The Hall–Kier alpha value is -2.56. The van der Waals surface area contributed by atoms with Gasteiger partial charge in [-0.25, -0.2) is 0 Å². The Kier molecular flexibility index (Phi) is 5.99. The lowest BCUT2D eigenvalue weighted by Gasteiger charge is -2.32.